The van der Waals surface area contributed by atoms with Crippen LogP contribution in [0.15, 0.2) is 18.2 Å². The quantitative estimate of drug-likeness (QED) is 0.870. The minimum atomic E-state index is -0.230. The van der Waals surface area contributed by atoms with Gasteiger partial charge in [0.15, 0.2) is 0 Å². The predicted octanol–water partition coefficient (Wildman–Crippen LogP) is 2.72. The fourth-order valence-corrected chi connectivity index (χ4v) is 2.37. The van der Waals surface area contributed by atoms with Crippen molar-refractivity contribution in [3.63, 3.8) is 0 Å². The van der Waals surface area contributed by atoms with Gasteiger partial charge in [0.2, 0.25) is 0 Å². The number of hydrogen-bond donors (Lipinski definition) is 1. The number of halogens is 1. The van der Waals surface area contributed by atoms with Crippen molar-refractivity contribution >= 4 is 21.6 Å². The Morgan fingerprint density at radius 2 is 2.33 bits per heavy atom. The second-order valence-electron chi connectivity index (χ2n) is 3.74. The summed E-state index contributed by atoms with van der Waals surface area (Å²) in [6.07, 6.45) is 1.79. The maximum absolute atomic E-state index is 12.9. The number of aromatic nitrogens is 1. The number of thiazole rings is 1. The third-order valence-corrected chi connectivity index (χ3v) is 3.30. The van der Waals surface area contributed by atoms with Gasteiger partial charge in [-0.3, -0.25) is 0 Å². The summed E-state index contributed by atoms with van der Waals surface area (Å²) in [4.78, 5) is 4.37. The monoisotopic (exact) mass is 224 g/mol. The van der Waals surface area contributed by atoms with Crippen molar-refractivity contribution in [2.75, 3.05) is 0 Å². The van der Waals surface area contributed by atoms with Crippen molar-refractivity contribution in [2.24, 2.45) is 5.73 Å². The van der Waals surface area contributed by atoms with Gasteiger partial charge in [-0.2, -0.15) is 0 Å². The number of rotatable bonds is 3. The summed E-state index contributed by atoms with van der Waals surface area (Å²) >= 11 is 1.61. The molecule has 15 heavy (non-hydrogen) atoms. The molecule has 2 aromatic rings. The third-order valence-electron chi connectivity index (χ3n) is 2.21. The summed E-state index contributed by atoms with van der Waals surface area (Å²) in [7, 11) is 0. The van der Waals surface area contributed by atoms with Crippen LogP contribution in [-0.2, 0) is 6.42 Å². The molecule has 1 heterocycles. The van der Waals surface area contributed by atoms with Crippen molar-refractivity contribution < 1.29 is 4.39 Å². The Morgan fingerprint density at radius 3 is 3.07 bits per heavy atom. The van der Waals surface area contributed by atoms with Crippen molar-refractivity contribution in [1.82, 2.24) is 4.98 Å². The average Bonchev–Trinajstić information content (AvgIpc) is 2.56. The zero-order valence-corrected chi connectivity index (χ0v) is 9.35. The van der Waals surface area contributed by atoms with Crippen LogP contribution in [0.4, 0.5) is 4.39 Å². The van der Waals surface area contributed by atoms with Crippen LogP contribution < -0.4 is 5.73 Å². The van der Waals surface area contributed by atoms with Gasteiger partial charge >= 0.3 is 0 Å². The van der Waals surface area contributed by atoms with Crippen LogP contribution in [0.5, 0.6) is 0 Å². The molecule has 1 aromatic heterocycles. The first-order chi connectivity index (χ1) is 7.15. The molecule has 0 aliphatic rings. The fraction of sp³-hybridized carbons (Fsp3) is 0.364. The first-order valence-corrected chi connectivity index (χ1v) is 5.77. The van der Waals surface area contributed by atoms with E-state index in [1.807, 2.05) is 6.92 Å². The average molecular weight is 224 g/mol. The SMILES string of the molecule is CC(N)CCc1nc2cc(F)ccc2s1. The molecule has 4 heteroatoms. The maximum atomic E-state index is 12.9. The molecule has 0 amide bonds. The van der Waals surface area contributed by atoms with Gasteiger partial charge in [-0.05, 0) is 25.5 Å². The lowest BCUT2D eigenvalue weighted by atomic mass is 10.2. The van der Waals surface area contributed by atoms with Gasteiger partial charge in [-0.1, -0.05) is 0 Å². The molecular weight excluding hydrogens is 211 g/mol. The second kappa shape index (κ2) is 4.24. The highest BCUT2D eigenvalue weighted by atomic mass is 32.1. The standard InChI is InChI=1S/C11H13FN2S/c1-7(13)2-5-11-14-9-6-8(12)3-4-10(9)15-11/h3-4,6-7H,2,5,13H2,1H3. The lowest BCUT2D eigenvalue weighted by Gasteiger charge is -2.00. The van der Waals surface area contributed by atoms with Crippen molar-refractivity contribution in [1.29, 1.82) is 0 Å². The molecule has 1 aromatic carbocycles. The van der Waals surface area contributed by atoms with Crippen molar-refractivity contribution in [3.8, 4) is 0 Å². The number of hydrogen-bond acceptors (Lipinski definition) is 3. The molecule has 0 aliphatic carbocycles. The Morgan fingerprint density at radius 1 is 1.53 bits per heavy atom. The molecule has 0 radical (unpaired) electrons. The van der Waals surface area contributed by atoms with E-state index >= 15 is 0 Å². The summed E-state index contributed by atoms with van der Waals surface area (Å²) in [6.45, 7) is 1.98. The summed E-state index contributed by atoms with van der Waals surface area (Å²) in [5.41, 5.74) is 6.43. The van der Waals surface area contributed by atoms with Crippen molar-refractivity contribution in [3.05, 3.63) is 29.0 Å². The normalized spacial score (nSPS) is 13.3. The van der Waals surface area contributed by atoms with E-state index in [0.717, 1.165) is 28.1 Å². The lowest BCUT2D eigenvalue weighted by molar-refractivity contribution is 0.629. The molecule has 0 spiro atoms. The van der Waals surface area contributed by atoms with Gasteiger partial charge in [0.05, 0.1) is 15.2 Å². The maximum Gasteiger partial charge on any atom is 0.125 e. The Labute approximate surface area is 91.9 Å². The lowest BCUT2D eigenvalue weighted by Crippen LogP contribution is -2.15. The van der Waals surface area contributed by atoms with Gasteiger partial charge < -0.3 is 5.73 Å². The molecule has 2 rings (SSSR count). The van der Waals surface area contributed by atoms with Crippen LogP contribution in [0.1, 0.15) is 18.4 Å². The smallest absolute Gasteiger partial charge is 0.125 e. The molecular formula is C11H13FN2S. The van der Waals surface area contributed by atoms with Crippen LogP contribution in [0.2, 0.25) is 0 Å². The van der Waals surface area contributed by atoms with E-state index in [1.165, 1.54) is 12.1 Å². The number of nitrogens with zero attached hydrogens (tertiary/aromatic N) is 1. The topological polar surface area (TPSA) is 38.9 Å². The van der Waals surface area contributed by atoms with Gasteiger partial charge in [0.1, 0.15) is 5.82 Å². The molecule has 1 atom stereocenters. The highest BCUT2D eigenvalue weighted by molar-refractivity contribution is 7.18. The van der Waals surface area contributed by atoms with Crippen LogP contribution >= 0.6 is 11.3 Å². The van der Waals surface area contributed by atoms with E-state index in [0.29, 0.717) is 0 Å². The Hall–Kier alpha value is -1.00. The Kier molecular flexibility index (Phi) is 2.98. The summed E-state index contributed by atoms with van der Waals surface area (Å²) in [5.74, 6) is -0.230. The first kappa shape index (κ1) is 10.5. The van der Waals surface area contributed by atoms with E-state index in [4.69, 9.17) is 5.73 Å². The molecule has 1 unspecified atom stereocenters. The first-order valence-electron chi connectivity index (χ1n) is 4.95. The van der Waals surface area contributed by atoms with Crippen LogP contribution in [0.3, 0.4) is 0 Å². The van der Waals surface area contributed by atoms with Gasteiger partial charge in [-0.15, -0.1) is 11.3 Å². The Balaban J connectivity index is 2.23. The predicted molar refractivity (Wildman–Crippen MR) is 61.5 cm³/mol. The zero-order valence-electron chi connectivity index (χ0n) is 8.53. The van der Waals surface area contributed by atoms with E-state index in [1.54, 1.807) is 17.4 Å². The number of benzene rings is 1. The van der Waals surface area contributed by atoms with E-state index in [-0.39, 0.29) is 11.9 Å². The van der Waals surface area contributed by atoms with Gasteiger partial charge in [0.25, 0.3) is 0 Å². The second-order valence-corrected chi connectivity index (χ2v) is 4.85. The zero-order chi connectivity index (χ0) is 10.8. The summed E-state index contributed by atoms with van der Waals surface area (Å²) < 4.78 is 13.9. The summed E-state index contributed by atoms with van der Waals surface area (Å²) in [6, 6.07) is 4.91. The van der Waals surface area contributed by atoms with E-state index in [9.17, 15) is 4.39 Å². The molecule has 0 saturated heterocycles. The molecule has 80 valence electrons. The van der Waals surface area contributed by atoms with E-state index in [2.05, 4.69) is 4.98 Å². The van der Waals surface area contributed by atoms with Crippen molar-refractivity contribution in [2.45, 2.75) is 25.8 Å². The fourth-order valence-electron chi connectivity index (χ4n) is 1.41. The molecule has 0 bridgehead atoms. The van der Waals surface area contributed by atoms with Gasteiger partial charge in [0, 0.05) is 18.5 Å². The third kappa shape index (κ3) is 2.52. The van der Waals surface area contributed by atoms with Crippen LogP contribution in [0.25, 0.3) is 10.2 Å². The molecule has 0 saturated carbocycles. The van der Waals surface area contributed by atoms with Crippen LogP contribution in [0, 0.1) is 5.82 Å². The van der Waals surface area contributed by atoms with Gasteiger partial charge in [-0.25, -0.2) is 9.37 Å². The summed E-state index contributed by atoms with van der Waals surface area (Å²) in [5, 5.41) is 1.04. The number of nitrogens with two attached hydrogens (primary N) is 1. The molecule has 0 fully saturated rings. The minimum absolute atomic E-state index is 0.189. The number of aryl methyl sites for hydroxylation is 1. The highest BCUT2D eigenvalue weighted by Gasteiger charge is 2.05. The largest absolute Gasteiger partial charge is 0.328 e. The number of fused-ring (bicyclic) bond motifs is 1. The molecule has 0 aliphatic heterocycles. The van der Waals surface area contributed by atoms with Crippen LogP contribution in [-0.4, -0.2) is 11.0 Å². The molecule has 2 nitrogen and oxygen atoms in total. The molecule has 2 N–H and O–H groups in total. The Bertz CT molecular complexity index is 465. The van der Waals surface area contributed by atoms with E-state index < -0.39 is 0 Å². The highest BCUT2D eigenvalue weighted by Crippen LogP contribution is 2.23. The minimum Gasteiger partial charge on any atom is -0.328 e.